The Morgan fingerprint density at radius 3 is 2.84 bits per heavy atom. The van der Waals surface area contributed by atoms with Gasteiger partial charge in [-0.05, 0) is 42.8 Å². The number of benzene rings is 2. The second-order valence-corrected chi connectivity index (χ2v) is 4.43. The third kappa shape index (κ3) is 2.11. The van der Waals surface area contributed by atoms with Crippen molar-refractivity contribution in [2.75, 3.05) is 6.54 Å². The zero-order chi connectivity index (χ0) is 13.2. The minimum atomic E-state index is -0.247. The molecule has 4 heteroatoms. The summed E-state index contributed by atoms with van der Waals surface area (Å²) in [5.41, 5.74) is 8.35. The molecule has 0 saturated carbocycles. The van der Waals surface area contributed by atoms with Gasteiger partial charge in [0.05, 0.1) is 17.4 Å². The van der Waals surface area contributed by atoms with Crippen molar-refractivity contribution in [3.8, 4) is 5.69 Å². The fourth-order valence-electron chi connectivity index (χ4n) is 2.28. The van der Waals surface area contributed by atoms with Crippen molar-refractivity contribution in [3.63, 3.8) is 0 Å². The van der Waals surface area contributed by atoms with E-state index in [0.717, 1.165) is 22.2 Å². The van der Waals surface area contributed by atoms with Crippen LogP contribution in [-0.4, -0.2) is 16.3 Å². The van der Waals surface area contributed by atoms with E-state index in [0.29, 0.717) is 13.0 Å². The molecule has 0 radical (unpaired) electrons. The van der Waals surface area contributed by atoms with Crippen molar-refractivity contribution >= 4 is 10.9 Å². The molecule has 96 valence electrons. The van der Waals surface area contributed by atoms with E-state index in [9.17, 15) is 4.39 Å². The smallest absolute Gasteiger partial charge is 0.123 e. The van der Waals surface area contributed by atoms with E-state index < -0.39 is 0 Å². The molecule has 1 heterocycles. The molecule has 0 unspecified atom stereocenters. The van der Waals surface area contributed by atoms with Gasteiger partial charge in [0, 0.05) is 5.39 Å². The third-order valence-corrected chi connectivity index (χ3v) is 3.16. The summed E-state index contributed by atoms with van der Waals surface area (Å²) in [7, 11) is 0. The van der Waals surface area contributed by atoms with Crippen LogP contribution < -0.4 is 5.73 Å². The molecule has 0 aliphatic rings. The Hall–Kier alpha value is -2.20. The number of rotatable bonds is 3. The van der Waals surface area contributed by atoms with Gasteiger partial charge in [-0.3, -0.25) is 0 Å². The molecule has 0 aliphatic carbocycles. The summed E-state index contributed by atoms with van der Waals surface area (Å²) in [6, 6.07) is 12.7. The van der Waals surface area contributed by atoms with Crippen molar-refractivity contribution in [2.24, 2.45) is 5.73 Å². The molecule has 3 aromatic rings. The standard InChI is InChI=1S/C15H14FN3/c16-13-5-6-15(11(9-13)7-8-17)19-14-4-2-1-3-12(14)10-18-19/h1-6,9-10H,7-8,17H2. The van der Waals surface area contributed by atoms with E-state index in [1.54, 1.807) is 6.07 Å². The molecule has 0 bridgehead atoms. The number of fused-ring (bicyclic) bond motifs is 1. The predicted octanol–water partition coefficient (Wildman–Crippen LogP) is 2.67. The monoisotopic (exact) mass is 255 g/mol. The summed E-state index contributed by atoms with van der Waals surface area (Å²) < 4.78 is 15.2. The molecular weight excluding hydrogens is 241 g/mol. The van der Waals surface area contributed by atoms with Gasteiger partial charge in [0.25, 0.3) is 0 Å². The zero-order valence-electron chi connectivity index (χ0n) is 10.4. The van der Waals surface area contributed by atoms with E-state index in [-0.39, 0.29) is 5.82 Å². The van der Waals surface area contributed by atoms with Crippen LogP contribution in [0.4, 0.5) is 4.39 Å². The second-order valence-electron chi connectivity index (χ2n) is 4.43. The summed E-state index contributed by atoms with van der Waals surface area (Å²) in [5, 5.41) is 5.45. The SMILES string of the molecule is NCCc1cc(F)ccc1-n1ncc2ccccc21. The summed E-state index contributed by atoms with van der Waals surface area (Å²) in [4.78, 5) is 0. The highest BCUT2D eigenvalue weighted by atomic mass is 19.1. The zero-order valence-corrected chi connectivity index (χ0v) is 10.4. The molecule has 0 saturated heterocycles. The number of nitrogens with zero attached hydrogens (tertiary/aromatic N) is 2. The molecule has 2 aromatic carbocycles. The van der Waals surface area contributed by atoms with Gasteiger partial charge in [-0.15, -0.1) is 0 Å². The van der Waals surface area contributed by atoms with E-state index in [1.807, 2.05) is 35.1 Å². The van der Waals surface area contributed by atoms with Crippen LogP contribution in [0.5, 0.6) is 0 Å². The summed E-state index contributed by atoms with van der Waals surface area (Å²) in [5.74, 6) is -0.247. The lowest BCUT2D eigenvalue weighted by molar-refractivity contribution is 0.624. The predicted molar refractivity (Wildman–Crippen MR) is 73.8 cm³/mol. The van der Waals surface area contributed by atoms with Crippen LogP contribution in [0.15, 0.2) is 48.7 Å². The van der Waals surface area contributed by atoms with Crippen LogP contribution >= 0.6 is 0 Å². The number of halogens is 1. The molecule has 3 rings (SSSR count). The molecule has 1 aromatic heterocycles. The topological polar surface area (TPSA) is 43.8 Å². The fourth-order valence-corrected chi connectivity index (χ4v) is 2.28. The average molecular weight is 255 g/mol. The number of nitrogens with two attached hydrogens (primary N) is 1. The molecule has 0 atom stereocenters. The van der Waals surface area contributed by atoms with Crippen LogP contribution in [-0.2, 0) is 6.42 Å². The van der Waals surface area contributed by atoms with Crippen LogP contribution in [0.1, 0.15) is 5.56 Å². The number of hydrogen-bond donors (Lipinski definition) is 1. The van der Waals surface area contributed by atoms with E-state index in [2.05, 4.69) is 5.10 Å². The van der Waals surface area contributed by atoms with Gasteiger partial charge < -0.3 is 5.73 Å². The van der Waals surface area contributed by atoms with Crippen molar-refractivity contribution < 1.29 is 4.39 Å². The fraction of sp³-hybridized carbons (Fsp3) is 0.133. The Labute approximate surface area is 110 Å². The van der Waals surface area contributed by atoms with Crippen LogP contribution in [0.3, 0.4) is 0 Å². The minimum absolute atomic E-state index is 0.247. The van der Waals surface area contributed by atoms with E-state index in [1.165, 1.54) is 12.1 Å². The van der Waals surface area contributed by atoms with Gasteiger partial charge in [-0.1, -0.05) is 18.2 Å². The molecule has 0 spiro atoms. The molecule has 0 aliphatic heterocycles. The summed E-state index contributed by atoms with van der Waals surface area (Å²) in [6.45, 7) is 0.482. The van der Waals surface area contributed by atoms with Crippen molar-refractivity contribution in [1.82, 2.24) is 9.78 Å². The van der Waals surface area contributed by atoms with Gasteiger partial charge in [-0.2, -0.15) is 5.10 Å². The quantitative estimate of drug-likeness (QED) is 0.782. The van der Waals surface area contributed by atoms with Gasteiger partial charge in [0.2, 0.25) is 0 Å². The highest BCUT2D eigenvalue weighted by molar-refractivity contribution is 5.80. The van der Waals surface area contributed by atoms with Gasteiger partial charge in [0.1, 0.15) is 5.82 Å². The first-order valence-electron chi connectivity index (χ1n) is 6.21. The summed E-state index contributed by atoms with van der Waals surface area (Å²) >= 11 is 0. The lowest BCUT2D eigenvalue weighted by atomic mass is 10.1. The van der Waals surface area contributed by atoms with Crippen molar-refractivity contribution in [1.29, 1.82) is 0 Å². The normalized spacial score (nSPS) is 11.1. The van der Waals surface area contributed by atoms with Gasteiger partial charge in [-0.25, -0.2) is 9.07 Å². The Morgan fingerprint density at radius 1 is 1.16 bits per heavy atom. The lowest BCUT2D eigenvalue weighted by Gasteiger charge is -2.10. The number of para-hydroxylation sites is 1. The van der Waals surface area contributed by atoms with E-state index >= 15 is 0 Å². The largest absolute Gasteiger partial charge is 0.330 e. The number of hydrogen-bond acceptors (Lipinski definition) is 2. The van der Waals surface area contributed by atoms with Crippen LogP contribution in [0.25, 0.3) is 16.6 Å². The molecule has 2 N–H and O–H groups in total. The number of aromatic nitrogens is 2. The second kappa shape index (κ2) is 4.82. The lowest BCUT2D eigenvalue weighted by Crippen LogP contribution is -2.08. The molecule has 19 heavy (non-hydrogen) atoms. The van der Waals surface area contributed by atoms with Crippen LogP contribution in [0, 0.1) is 5.82 Å². The van der Waals surface area contributed by atoms with E-state index in [4.69, 9.17) is 5.73 Å². The first-order valence-corrected chi connectivity index (χ1v) is 6.21. The summed E-state index contributed by atoms with van der Waals surface area (Å²) in [6.07, 6.45) is 2.44. The van der Waals surface area contributed by atoms with Crippen molar-refractivity contribution in [2.45, 2.75) is 6.42 Å². The van der Waals surface area contributed by atoms with Gasteiger partial charge >= 0.3 is 0 Å². The molecular formula is C15H14FN3. The molecule has 0 amide bonds. The van der Waals surface area contributed by atoms with Crippen LogP contribution in [0.2, 0.25) is 0 Å². The highest BCUT2D eigenvalue weighted by Crippen LogP contribution is 2.21. The molecule has 0 fully saturated rings. The third-order valence-electron chi connectivity index (χ3n) is 3.16. The Kier molecular flexibility index (Phi) is 3.01. The molecule has 3 nitrogen and oxygen atoms in total. The Bertz CT molecular complexity index is 718. The maximum absolute atomic E-state index is 13.4. The van der Waals surface area contributed by atoms with Crippen molar-refractivity contribution in [3.05, 3.63) is 60.0 Å². The Morgan fingerprint density at radius 2 is 2.00 bits per heavy atom. The maximum Gasteiger partial charge on any atom is 0.123 e. The first kappa shape index (κ1) is 11.9. The Balaban J connectivity index is 2.21. The average Bonchev–Trinajstić information content (AvgIpc) is 2.83. The minimum Gasteiger partial charge on any atom is -0.330 e. The maximum atomic E-state index is 13.4. The highest BCUT2D eigenvalue weighted by Gasteiger charge is 2.09. The first-order chi connectivity index (χ1) is 9.29. The van der Waals surface area contributed by atoms with Gasteiger partial charge in [0.15, 0.2) is 0 Å².